The smallest absolute Gasteiger partial charge is 0.251 e. The van der Waals surface area contributed by atoms with Gasteiger partial charge in [-0.25, -0.2) is 9.97 Å². The summed E-state index contributed by atoms with van der Waals surface area (Å²) in [6.07, 6.45) is 1.55. The first-order valence-electron chi connectivity index (χ1n) is 10.4. The van der Waals surface area contributed by atoms with E-state index in [9.17, 15) is 4.79 Å². The molecule has 0 saturated carbocycles. The summed E-state index contributed by atoms with van der Waals surface area (Å²) >= 11 is 0. The second-order valence-corrected chi connectivity index (χ2v) is 7.15. The number of amides is 1. The number of hydrogen-bond donors (Lipinski definition) is 2. The van der Waals surface area contributed by atoms with E-state index >= 15 is 0 Å². The van der Waals surface area contributed by atoms with Gasteiger partial charge in [0.15, 0.2) is 0 Å². The molecule has 1 aromatic heterocycles. The zero-order valence-electron chi connectivity index (χ0n) is 17.9. The fourth-order valence-corrected chi connectivity index (χ4v) is 3.24. The van der Waals surface area contributed by atoms with Crippen molar-refractivity contribution in [1.82, 2.24) is 20.2 Å². The SMILES string of the molecule is CCN(CC)CCNC(=O)c1cccc(Nc2cc(-c3cccc(C)c3)ncn2)c1. The molecule has 30 heavy (non-hydrogen) atoms. The number of rotatable bonds is 9. The number of nitrogens with zero attached hydrogens (tertiary/aromatic N) is 3. The van der Waals surface area contributed by atoms with E-state index in [2.05, 4.69) is 58.4 Å². The van der Waals surface area contributed by atoms with Crippen LogP contribution in [0.4, 0.5) is 11.5 Å². The standard InChI is InChI=1S/C24H29N5O/c1-4-29(5-2)13-12-25-24(30)20-10-7-11-21(15-20)28-23-16-22(26-17-27-23)19-9-6-8-18(3)14-19/h6-11,14-17H,4-5,12-13H2,1-3H3,(H,25,30)(H,26,27,28). The molecule has 0 spiro atoms. The molecule has 1 amide bonds. The summed E-state index contributed by atoms with van der Waals surface area (Å²) in [6, 6.07) is 17.5. The molecule has 0 aliphatic heterocycles. The van der Waals surface area contributed by atoms with Gasteiger partial charge in [0.1, 0.15) is 12.1 Å². The fraction of sp³-hybridized carbons (Fsp3) is 0.292. The lowest BCUT2D eigenvalue weighted by molar-refractivity contribution is 0.0949. The molecule has 3 rings (SSSR count). The van der Waals surface area contributed by atoms with Gasteiger partial charge in [0.25, 0.3) is 5.91 Å². The van der Waals surface area contributed by atoms with Gasteiger partial charge in [-0.15, -0.1) is 0 Å². The van der Waals surface area contributed by atoms with E-state index in [4.69, 9.17) is 0 Å². The zero-order chi connectivity index (χ0) is 21.3. The van der Waals surface area contributed by atoms with Gasteiger partial charge in [-0.1, -0.05) is 43.7 Å². The number of likely N-dealkylation sites (N-methyl/N-ethyl adjacent to an activating group) is 1. The van der Waals surface area contributed by atoms with Crippen LogP contribution in [0.25, 0.3) is 11.3 Å². The Labute approximate surface area is 178 Å². The van der Waals surface area contributed by atoms with Gasteiger partial charge >= 0.3 is 0 Å². The van der Waals surface area contributed by atoms with E-state index in [1.54, 1.807) is 6.33 Å². The van der Waals surface area contributed by atoms with E-state index in [0.29, 0.717) is 17.9 Å². The minimum atomic E-state index is -0.0751. The molecule has 0 fully saturated rings. The lowest BCUT2D eigenvalue weighted by Gasteiger charge is -2.18. The highest BCUT2D eigenvalue weighted by Gasteiger charge is 2.08. The molecule has 0 aliphatic carbocycles. The fourth-order valence-electron chi connectivity index (χ4n) is 3.24. The molecular formula is C24H29N5O. The maximum atomic E-state index is 12.5. The van der Waals surface area contributed by atoms with Crippen LogP contribution < -0.4 is 10.6 Å². The third kappa shape index (κ3) is 5.87. The molecule has 1 heterocycles. The van der Waals surface area contributed by atoms with Crippen molar-refractivity contribution in [3.05, 3.63) is 72.1 Å². The minimum Gasteiger partial charge on any atom is -0.351 e. The summed E-state index contributed by atoms with van der Waals surface area (Å²) in [4.78, 5) is 23.5. The first-order valence-corrected chi connectivity index (χ1v) is 10.4. The Bertz CT molecular complexity index is 985. The Morgan fingerprint density at radius 3 is 2.57 bits per heavy atom. The Hall–Kier alpha value is -3.25. The van der Waals surface area contributed by atoms with E-state index in [1.165, 1.54) is 5.56 Å². The number of hydrogen-bond acceptors (Lipinski definition) is 5. The number of carbonyl (C=O) groups excluding carboxylic acids is 1. The molecule has 2 aromatic carbocycles. The van der Waals surface area contributed by atoms with Crippen molar-refractivity contribution in [2.75, 3.05) is 31.5 Å². The van der Waals surface area contributed by atoms with Gasteiger partial charge in [-0.3, -0.25) is 4.79 Å². The van der Waals surface area contributed by atoms with Gasteiger partial charge < -0.3 is 15.5 Å². The number of aromatic nitrogens is 2. The molecule has 3 aromatic rings. The van der Waals surface area contributed by atoms with Gasteiger partial charge in [-0.2, -0.15) is 0 Å². The van der Waals surface area contributed by atoms with Crippen molar-refractivity contribution in [2.45, 2.75) is 20.8 Å². The lowest BCUT2D eigenvalue weighted by Crippen LogP contribution is -2.34. The summed E-state index contributed by atoms with van der Waals surface area (Å²) in [5, 5.41) is 6.27. The maximum Gasteiger partial charge on any atom is 0.251 e. The molecule has 0 aliphatic rings. The summed E-state index contributed by atoms with van der Waals surface area (Å²) in [6.45, 7) is 9.74. The van der Waals surface area contributed by atoms with Crippen molar-refractivity contribution in [2.24, 2.45) is 0 Å². The van der Waals surface area contributed by atoms with Crippen LogP contribution in [-0.4, -0.2) is 47.0 Å². The number of aryl methyl sites for hydroxylation is 1. The van der Waals surface area contributed by atoms with Crippen LogP contribution in [0.2, 0.25) is 0 Å². The van der Waals surface area contributed by atoms with Crippen LogP contribution in [0.15, 0.2) is 60.9 Å². The van der Waals surface area contributed by atoms with E-state index < -0.39 is 0 Å². The average molecular weight is 404 g/mol. The molecule has 0 bridgehead atoms. The van der Waals surface area contributed by atoms with Gasteiger partial charge in [0, 0.05) is 36.0 Å². The van der Waals surface area contributed by atoms with Crippen LogP contribution in [0.1, 0.15) is 29.8 Å². The third-order valence-electron chi connectivity index (χ3n) is 4.99. The predicted octanol–water partition coefficient (Wildman–Crippen LogP) is 4.27. The normalized spacial score (nSPS) is 10.8. The lowest BCUT2D eigenvalue weighted by atomic mass is 10.1. The molecule has 156 valence electrons. The maximum absolute atomic E-state index is 12.5. The Kier molecular flexibility index (Phi) is 7.51. The molecule has 6 heteroatoms. The Morgan fingerprint density at radius 2 is 1.80 bits per heavy atom. The average Bonchev–Trinajstić information content (AvgIpc) is 2.77. The Morgan fingerprint density at radius 1 is 1.00 bits per heavy atom. The quantitative estimate of drug-likeness (QED) is 0.558. The van der Waals surface area contributed by atoms with Crippen LogP contribution in [-0.2, 0) is 0 Å². The van der Waals surface area contributed by atoms with Crippen molar-refractivity contribution >= 4 is 17.4 Å². The molecule has 6 nitrogen and oxygen atoms in total. The highest BCUT2D eigenvalue weighted by Crippen LogP contribution is 2.22. The van der Waals surface area contributed by atoms with Crippen LogP contribution in [0.3, 0.4) is 0 Å². The second-order valence-electron chi connectivity index (χ2n) is 7.15. The van der Waals surface area contributed by atoms with Crippen LogP contribution in [0.5, 0.6) is 0 Å². The zero-order valence-corrected chi connectivity index (χ0v) is 17.9. The molecule has 0 atom stereocenters. The van der Waals surface area contributed by atoms with Crippen LogP contribution in [0, 0.1) is 6.92 Å². The monoisotopic (exact) mass is 403 g/mol. The van der Waals surface area contributed by atoms with Gasteiger partial charge in [-0.05, 0) is 44.3 Å². The van der Waals surface area contributed by atoms with Gasteiger partial charge in [0.05, 0.1) is 5.69 Å². The second kappa shape index (κ2) is 10.5. The molecule has 0 unspecified atom stereocenters. The van der Waals surface area contributed by atoms with Crippen molar-refractivity contribution in [1.29, 1.82) is 0 Å². The first kappa shape index (κ1) is 21.5. The van der Waals surface area contributed by atoms with E-state index in [1.807, 2.05) is 42.5 Å². The predicted molar refractivity (Wildman–Crippen MR) is 122 cm³/mol. The third-order valence-corrected chi connectivity index (χ3v) is 4.99. The number of carbonyl (C=O) groups is 1. The van der Waals surface area contributed by atoms with Crippen molar-refractivity contribution < 1.29 is 4.79 Å². The molecule has 2 N–H and O–H groups in total. The number of nitrogens with one attached hydrogen (secondary N) is 2. The topological polar surface area (TPSA) is 70.2 Å². The van der Waals surface area contributed by atoms with E-state index in [-0.39, 0.29) is 5.91 Å². The summed E-state index contributed by atoms with van der Waals surface area (Å²) in [5.74, 6) is 0.606. The summed E-state index contributed by atoms with van der Waals surface area (Å²) < 4.78 is 0. The minimum absolute atomic E-state index is 0.0751. The number of anilines is 2. The molecule has 0 radical (unpaired) electrons. The summed E-state index contributed by atoms with van der Waals surface area (Å²) in [5.41, 5.74) is 4.50. The Balaban J connectivity index is 1.67. The van der Waals surface area contributed by atoms with Crippen molar-refractivity contribution in [3.8, 4) is 11.3 Å². The number of benzene rings is 2. The summed E-state index contributed by atoms with van der Waals surface area (Å²) in [7, 11) is 0. The van der Waals surface area contributed by atoms with Gasteiger partial charge in [0.2, 0.25) is 0 Å². The highest BCUT2D eigenvalue weighted by molar-refractivity contribution is 5.95. The largest absolute Gasteiger partial charge is 0.351 e. The van der Waals surface area contributed by atoms with Crippen LogP contribution >= 0.6 is 0 Å². The molecular weight excluding hydrogens is 374 g/mol. The highest BCUT2D eigenvalue weighted by atomic mass is 16.1. The molecule has 0 saturated heterocycles. The van der Waals surface area contributed by atoms with Crippen molar-refractivity contribution in [3.63, 3.8) is 0 Å². The first-order chi connectivity index (χ1) is 14.6. The van der Waals surface area contributed by atoms with E-state index in [0.717, 1.165) is 36.6 Å².